The molecule has 0 aromatic heterocycles. The van der Waals surface area contributed by atoms with Crippen molar-refractivity contribution in [1.82, 2.24) is 0 Å². The van der Waals surface area contributed by atoms with Crippen molar-refractivity contribution in [3.63, 3.8) is 0 Å². The highest BCUT2D eigenvalue weighted by Gasteiger charge is 2.31. The zero-order valence-electron chi connectivity index (χ0n) is 14.8. The molecular formula is C17H24S9. The van der Waals surface area contributed by atoms with E-state index in [1.165, 1.54) is 68.5 Å². The summed E-state index contributed by atoms with van der Waals surface area (Å²) in [6, 6.07) is 0. The summed E-state index contributed by atoms with van der Waals surface area (Å²) in [5.41, 5.74) is 0. The van der Waals surface area contributed by atoms with Crippen LogP contribution < -0.4 is 0 Å². The summed E-state index contributed by atoms with van der Waals surface area (Å²) >= 11 is 20.5. The van der Waals surface area contributed by atoms with E-state index in [4.69, 9.17) is 0 Å². The normalized spacial score (nSPS) is 20.5. The molecule has 0 spiro atoms. The first-order valence-corrected chi connectivity index (χ1v) is 16.9. The predicted molar refractivity (Wildman–Crippen MR) is 144 cm³/mol. The van der Waals surface area contributed by atoms with Crippen LogP contribution in [0.5, 0.6) is 0 Å². The van der Waals surface area contributed by atoms with Gasteiger partial charge in [-0.2, -0.15) is 12.6 Å². The third kappa shape index (κ3) is 6.96. The van der Waals surface area contributed by atoms with Crippen LogP contribution in [0, 0.1) is 0 Å². The fourth-order valence-corrected chi connectivity index (χ4v) is 14.4. The molecule has 146 valence electrons. The Morgan fingerprint density at radius 3 is 1.96 bits per heavy atom. The molecule has 0 aromatic carbocycles. The second-order valence-electron chi connectivity index (χ2n) is 5.73. The standard InChI is InChI=1S/C17H24S9/c1-19-12-13(20-9-7-5-3-2-4-6-8-18)24-16(23-12)17-25-14-15(26-17)22-11-10-21-14/h18H,2-11H2,1H3. The highest BCUT2D eigenvalue weighted by molar-refractivity contribution is 8.45. The molecule has 0 unspecified atom stereocenters. The molecule has 9 heteroatoms. The van der Waals surface area contributed by atoms with Crippen molar-refractivity contribution in [2.24, 2.45) is 0 Å². The van der Waals surface area contributed by atoms with Gasteiger partial charge in [0.15, 0.2) is 0 Å². The summed E-state index contributed by atoms with van der Waals surface area (Å²) in [5, 5.41) is 0. The number of thiol groups is 1. The second kappa shape index (κ2) is 12.9. The van der Waals surface area contributed by atoms with Gasteiger partial charge in [-0.1, -0.05) is 72.7 Å². The lowest BCUT2D eigenvalue weighted by atomic mass is 10.1. The average molecular weight is 517 g/mol. The van der Waals surface area contributed by atoms with E-state index < -0.39 is 0 Å². The molecule has 0 nitrogen and oxygen atoms in total. The number of thioether (sulfide) groups is 8. The maximum Gasteiger partial charge on any atom is 0.0717 e. The van der Waals surface area contributed by atoms with E-state index in [2.05, 4.69) is 30.6 Å². The zero-order chi connectivity index (χ0) is 18.2. The third-order valence-corrected chi connectivity index (χ3v) is 15.8. The highest BCUT2D eigenvalue weighted by atomic mass is 32.3. The molecule has 0 saturated carbocycles. The summed E-state index contributed by atoms with van der Waals surface area (Å²) in [5.74, 6) is 4.84. The molecule has 0 aliphatic carbocycles. The molecule has 0 fully saturated rings. The fourth-order valence-electron chi connectivity index (χ4n) is 2.46. The molecule has 0 saturated heterocycles. The molecular weight excluding hydrogens is 493 g/mol. The minimum atomic E-state index is 1.04. The van der Waals surface area contributed by atoms with Crippen LogP contribution in [0.1, 0.15) is 38.5 Å². The van der Waals surface area contributed by atoms with E-state index in [0.29, 0.717) is 0 Å². The number of hydrogen-bond acceptors (Lipinski definition) is 9. The summed E-state index contributed by atoms with van der Waals surface area (Å²) < 4.78 is 9.22. The van der Waals surface area contributed by atoms with Crippen molar-refractivity contribution in [3.8, 4) is 0 Å². The van der Waals surface area contributed by atoms with Gasteiger partial charge in [0.05, 0.1) is 25.4 Å². The van der Waals surface area contributed by atoms with Gasteiger partial charge in [-0.15, -0.1) is 47.0 Å². The van der Waals surface area contributed by atoms with Crippen LogP contribution in [-0.2, 0) is 0 Å². The van der Waals surface area contributed by atoms with Crippen molar-refractivity contribution in [1.29, 1.82) is 0 Å². The Morgan fingerprint density at radius 1 is 0.731 bits per heavy atom. The van der Waals surface area contributed by atoms with Gasteiger partial charge in [-0.05, 0) is 30.6 Å². The number of rotatable bonds is 10. The first-order valence-electron chi connectivity index (χ1n) is 8.79. The van der Waals surface area contributed by atoms with Gasteiger partial charge in [-0.25, -0.2) is 0 Å². The van der Waals surface area contributed by atoms with Gasteiger partial charge in [0, 0.05) is 11.5 Å². The molecule has 3 rings (SSSR count). The highest BCUT2D eigenvalue weighted by Crippen LogP contribution is 2.66. The van der Waals surface area contributed by atoms with Crippen LogP contribution in [0.15, 0.2) is 25.4 Å². The quantitative estimate of drug-likeness (QED) is 0.222. The van der Waals surface area contributed by atoms with Crippen LogP contribution in [0.4, 0.5) is 0 Å². The van der Waals surface area contributed by atoms with Gasteiger partial charge in [0.1, 0.15) is 0 Å². The largest absolute Gasteiger partial charge is 0.179 e. The monoisotopic (exact) mass is 516 g/mol. The molecule has 0 atom stereocenters. The summed E-state index contributed by atoms with van der Waals surface area (Å²) in [7, 11) is 0. The maximum atomic E-state index is 4.28. The van der Waals surface area contributed by atoms with E-state index in [-0.39, 0.29) is 0 Å². The van der Waals surface area contributed by atoms with Gasteiger partial charge in [-0.3, -0.25) is 0 Å². The molecule has 26 heavy (non-hydrogen) atoms. The van der Waals surface area contributed by atoms with Crippen LogP contribution in [0.3, 0.4) is 0 Å². The zero-order valence-corrected chi connectivity index (χ0v) is 22.2. The maximum absolute atomic E-state index is 4.28. The molecule has 0 bridgehead atoms. The van der Waals surface area contributed by atoms with E-state index in [0.717, 1.165) is 5.75 Å². The molecule has 0 radical (unpaired) electrons. The van der Waals surface area contributed by atoms with Crippen molar-refractivity contribution in [3.05, 3.63) is 25.4 Å². The third-order valence-electron chi connectivity index (χ3n) is 3.76. The Bertz CT molecular complexity index is 559. The minimum absolute atomic E-state index is 1.04. The number of unbranched alkanes of at least 4 members (excludes halogenated alkanes) is 5. The first kappa shape index (κ1) is 23.0. The van der Waals surface area contributed by atoms with Crippen LogP contribution in [-0.4, -0.2) is 29.3 Å². The van der Waals surface area contributed by atoms with Gasteiger partial charge in [0.25, 0.3) is 0 Å². The van der Waals surface area contributed by atoms with Crippen LogP contribution in [0.25, 0.3) is 0 Å². The summed E-state index contributed by atoms with van der Waals surface area (Å²) in [4.78, 5) is 0. The van der Waals surface area contributed by atoms with Gasteiger partial charge >= 0.3 is 0 Å². The molecule has 3 heterocycles. The molecule has 3 aliphatic heterocycles. The second-order valence-corrected chi connectivity index (χ2v) is 15.9. The Balaban J connectivity index is 1.42. The topological polar surface area (TPSA) is 0 Å². The first-order chi connectivity index (χ1) is 12.8. The lowest BCUT2D eigenvalue weighted by Crippen LogP contribution is -1.88. The van der Waals surface area contributed by atoms with Crippen molar-refractivity contribution in [2.75, 3.05) is 29.3 Å². The Hall–Kier alpha value is 2.37. The smallest absolute Gasteiger partial charge is 0.0717 e. The lowest BCUT2D eigenvalue weighted by molar-refractivity contribution is 0.629. The molecule has 3 aliphatic rings. The fraction of sp³-hybridized carbons (Fsp3) is 0.647. The van der Waals surface area contributed by atoms with Crippen molar-refractivity contribution in [2.45, 2.75) is 38.5 Å². The van der Waals surface area contributed by atoms with Gasteiger partial charge in [0.2, 0.25) is 0 Å². The lowest BCUT2D eigenvalue weighted by Gasteiger charge is -2.08. The van der Waals surface area contributed by atoms with E-state index in [9.17, 15) is 0 Å². The predicted octanol–water partition coefficient (Wildman–Crippen LogP) is 9.17. The van der Waals surface area contributed by atoms with Crippen LogP contribution >= 0.6 is 107 Å². The number of hydrogen-bond donors (Lipinski definition) is 1. The van der Waals surface area contributed by atoms with Crippen LogP contribution in [0.2, 0.25) is 0 Å². The Labute approximate surface area is 198 Å². The van der Waals surface area contributed by atoms with Crippen molar-refractivity contribution < 1.29 is 0 Å². The van der Waals surface area contributed by atoms with Crippen molar-refractivity contribution >= 4 is 107 Å². The minimum Gasteiger partial charge on any atom is -0.179 e. The summed E-state index contributed by atoms with van der Waals surface area (Å²) in [6.07, 6.45) is 10.4. The average Bonchev–Trinajstić information content (AvgIpc) is 3.27. The SMILES string of the molecule is CSC1=C(SCCCCCCCCS)SC(=C2SC3=C(SCCS3)S2)S1. The van der Waals surface area contributed by atoms with E-state index in [1.807, 2.05) is 82.3 Å². The van der Waals surface area contributed by atoms with E-state index >= 15 is 0 Å². The van der Waals surface area contributed by atoms with E-state index in [1.54, 1.807) is 12.7 Å². The Morgan fingerprint density at radius 2 is 1.31 bits per heavy atom. The molecule has 0 N–H and O–H groups in total. The Kier molecular flexibility index (Phi) is 11.5. The molecule has 0 amide bonds. The molecule has 0 aromatic rings. The van der Waals surface area contributed by atoms with Gasteiger partial charge < -0.3 is 0 Å². The summed E-state index contributed by atoms with van der Waals surface area (Å²) in [6.45, 7) is 0.